The number of methoxy groups -OCH3 is 1. The smallest absolute Gasteiger partial charge is 0.387 e. The Kier molecular flexibility index (Phi) is 5.86. The van der Waals surface area contributed by atoms with E-state index in [-0.39, 0.29) is 34.2 Å². The summed E-state index contributed by atoms with van der Waals surface area (Å²) in [6.07, 6.45) is 10.4. The minimum atomic E-state index is -2.93. The molecule has 4 aliphatic rings. The molecular weight excluding hydrogens is 438 g/mol. The van der Waals surface area contributed by atoms with Crippen LogP contribution in [0, 0.1) is 28.6 Å². The second-order valence-corrected chi connectivity index (χ2v) is 11.1. The van der Waals surface area contributed by atoms with Gasteiger partial charge in [0.15, 0.2) is 17.3 Å². The summed E-state index contributed by atoms with van der Waals surface area (Å²) in [4.78, 5) is 13.6. The first-order valence-corrected chi connectivity index (χ1v) is 12.4. The second kappa shape index (κ2) is 8.47. The minimum Gasteiger partial charge on any atom is -0.493 e. The zero-order valence-electron chi connectivity index (χ0n) is 20.2. The molecule has 4 aliphatic carbocycles. The van der Waals surface area contributed by atoms with Crippen molar-refractivity contribution in [3.63, 3.8) is 0 Å². The van der Waals surface area contributed by atoms with Gasteiger partial charge in [0.25, 0.3) is 0 Å². The normalized spacial score (nSPS) is 38.3. The average molecular weight is 473 g/mol. The van der Waals surface area contributed by atoms with Crippen molar-refractivity contribution < 1.29 is 28.2 Å². The van der Waals surface area contributed by atoms with Crippen molar-refractivity contribution in [3.05, 3.63) is 41.0 Å². The number of hydrogen-bond donors (Lipinski definition) is 1. The summed E-state index contributed by atoms with van der Waals surface area (Å²) in [5, 5.41) is 10.2. The number of aliphatic hydroxyl groups is 1. The highest BCUT2D eigenvalue weighted by Gasteiger charge is 2.59. The van der Waals surface area contributed by atoms with E-state index in [4.69, 9.17) is 4.74 Å². The number of carbonyl (C=O) groups is 1. The first-order chi connectivity index (χ1) is 16.2. The first kappa shape index (κ1) is 23.5. The number of ketones is 1. The van der Waals surface area contributed by atoms with E-state index in [0.29, 0.717) is 17.8 Å². The van der Waals surface area contributed by atoms with Crippen LogP contribution in [0.2, 0.25) is 0 Å². The summed E-state index contributed by atoms with van der Waals surface area (Å²) in [6, 6.07) is 4.81. The van der Waals surface area contributed by atoms with Crippen molar-refractivity contribution in [1.29, 1.82) is 0 Å². The molecule has 0 spiro atoms. The molecule has 0 heterocycles. The van der Waals surface area contributed by atoms with Crippen molar-refractivity contribution >= 4 is 11.9 Å². The van der Waals surface area contributed by atoms with Crippen molar-refractivity contribution in [1.82, 2.24) is 0 Å². The van der Waals surface area contributed by atoms with E-state index < -0.39 is 6.61 Å². The number of Topliss-reactive ketones (excluding diaryl/α,β-unsaturated/α-hetero) is 1. The Labute approximate surface area is 200 Å². The van der Waals surface area contributed by atoms with Crippen LogP contribution in [-0.2, 0) is 4.79 Å². The third-order valence-corrected chi connectivity index (χ3v) is 9.46. The SMILES string of the molecule is COc1cc(/C=C2/C[C@@H]3[C@H]4CC=C5C[C@@H](O)CC[C@]5(C)[C@@H]4CC[C@]3(C)C2=O)ccc1OC(F)F. The zero-order chi connectivity index (χ0) is 24.3. The van der Waals surface area contributed by atoms with E-state index in [1.165, 1.54) is 18.7 Å². The maximum absolute atomic E-state index is 13.6. The highest BCUT2D eigenvalue weighted by molar-refractivity contribution is 6.06. The molecule has 0 radical (unpaired) electrons. The number of alkyl halides is 2. The van der Waals surface area contributed by atoms with E-state index in [2.05, 4.69) is 24.7 Å². The van der Waals surface area contributed by atoms with Crippen LogP contribution in [0.1, 0.15) is 64.4 Å². The molecule has 5 rings (SSSR count). The highest BCUT2D eigenvalue weighted by Crippen LogP contribution is 2.64. The molecule has 1 aromatic rings. The summed E-state index contributed by atoms with van der Waals surface area (Å²) in [5.74, 6) is 1.75. The van der Waals surface area contributed by atoms with Gasteiger partial charge in [0.1, 0.15) is 0 Å². The lowest BCUT2D eigenvalue weighted by Crippen LogP contribution is -2.50. The van der Waals surface area contributed by atoms with Gasteiger partial charge in [0.05, 0.1) is 13.2 Å². The number of halogens is 2. The van der Waals surface area contributed by atoms with Gasteiger partial charge in [-0.15, -0.1) is 0 Å². The number of hydrogen-bond acceptors (Lipinski definition) is 4. The molecule has 3 fully saturated rings. The maximum Gasteiger partial charge on any atom is 0.387 e. The number of fused-ring (bicyclic) bond motifs is 5. The molecule has 0 aromatic heterocycles. The molecule has 0 amide bonds. The van der Waals surface area contributed by atoms with Gasteiger partial charge in [-0.25, -0.2) is 0 Å². The molecule has 4 nitrogen and oxygen atoms in total. The molecule has 34 heavy (non-hydrogen) atoms. The Morgan fingerprint density at radius 1 is 1.09 bits per heavy atom. The van der Waals surface area contributed by atoms with Crippen molar-refractivity contribution in [3.8, 4) is 11.5 Å². The molecule has 1 N–H and O–H groups in total. The number of carbonyl (C=O) groups excluding carboxylic acids is 1. The minimum absolute atomic E-state index is 0.0171. The quantitative estimate of drug-likeness (QED) is 0.420. The van der Waals surface area contributed by atoms with Gasteiger partial charge >= 0.3 is 6.61 Å². The van der Waals surface area contributed by atoms with E-state index in [1.807, 2.05) is 6.08 Å². The third kappa shape index (κ3) is 3.69. The largest absolute Gasteiger partial charge is 0.493 e. The van der Waals surface area contributed by atoms with Crippen molar-refractivity contribution in [2.24, 2.45) is 28.6 Å². The van der Waals surface area contributed by atoms with Gasteiger partial charge in [-0.2, -0.15) is 8.78 Å². The molecule has 1 aromatic carbocycles. The molecule has 6 heteroatoms. The van der Waals surface area contributed by atoms with Gasteiger partial charge < -0.3 is 14.6 Å². The Bertz CT molecular complexity index is 1050. The summed E-state index contributed by atoms with van der Waals surface area (Å²) in [7, 11) is 1.41. The van der Waals surface area contributed by atoms with Gasteiger partial charge in [-0.1, -0.05) is 31.6 Å². The summed E-state index contributed by atoms with van der Waals surface area (Å²) < 4.78 is 35.1. The van der Waals surface area contributed by atoms with E-state index >= 15 is 0 Å². The average Bonchev–Trinajstić information content (AvgIpc) is 3.05. The summed E-state index contributed by atoms with van der Waals surface area (Å²) >= 11 is 0. The molecule has 0 saturated heterocycles. The number of benzene rings is 1. The fourth-order valence-electron chi connectivity index (χ4n) is 7.61. The number of aliphatic hydroxyl groups excluding tert-OH is 1. The number of rotatable bonds is 4. The van der Waals surface area contributed by atoms with Crippen LogP contribution in [-0.4, -0.2) is 30.7 Å². The molecule has 6 atom stereocenters. The molecular formula is C28H34F2O4. The molecule has 3 saturated carbocycles. The van der Waals surface area contributed by atoms with Crippen molar-refractivity contribution in [2.45, 2.75) is 71.5 Å². The zero-order valence-corrected chi connectivity index (χ0v) is 20.2. The highest BCUT2D eigenvalue weighted by atomic mass is 19.3. The lowest BCUT2D eigenvalue weighted by molar-refractivity contribution is -0.130. The lowest BCUT2D eigenvalue weighted by Gasteiger charge is -2.56. The van der Waals surface area contributed by atoms with Crippen LogP contribution in [0.4, 0.5) is 8.78 Å². The maximum atomic E-state index is 13.6. The van der Waals surface area contributed by atoms with Gasteiger partial charge in [-0.3, -0.25) is 4.79 Å². The first-order valence-electron chi connectivity index (χ1n) is 12.4. The molecule has 0 unspecified atom stereocenters. The van der Waals surface area contributed by atoms with Crippen LogP contribution in [0.25, 0.3) is 6.08 Å². The second-order valence-electron chi connectivity index (χ2n) is 11.1. The Morgan fingerprint density at radius 2 is 1.85 bits per heavy atom. The topological polar surface area (TPSA) is 55.8 Å². The Balaban J connectivity index is 1.43. The van der Waals surface area contributed by atoms with Crippen LogP contribution in [0.15, 0.2) is 35.4 Å². The van der Waals surface area contributed by atoms with Crippen LogP contribution in [0.3, 0.4) is 0 Å². The van der Waals surface area contributed by atoms with E-state index in [1.54, 1.807) is 12.1 Å². The molecule has 0 aliphatic heterocycles. The number of ether oxygens (including phenoxy) is 2. The third-order valence-electron chi connectivity index (χ3n) is 9.46. The van der Waals surface area contributed by atoms with Gasteiger partial charge in [0, 0.05) is 5.41 Å². The van der Waals surface area contributed by atoms with Gasteiger partial charge in [-0.05, 0) is 97.5 Å². The molecule has 0 bridgehead atoms. The molecule has 184 valence electrons. The fraction of sp³-hybridized carbons (Fsp3) is 0.607. The Hall–Kier alpha value is -2.21. The summed E-state index contributed by atoms with van der Waals surface area (Å²) in [6.45, 7) is 1.60. The Morgan fingerprint density at radius 3 is 2.59 bits per heavy atom. The predicted octanol–water partition coefficient (Wildman–Crippen LogP) is 6.18. The van der Waals surface area contributed by atoms with E-state index in [0.717, 1.165) is 56.1 Å². The standard InChI is InChI=1S/C28H34F2O4/c1-27-10-8-19(31)15-18(27)5-6-20-21(27)9-11-28(2)22(20)14-17(25(28)32)12-16-4-7-23(34-26(29)30)24(13-16)33-3/h4-5,7,12-13,19-22,26,31H,6,8-11,14-15H2,1-3H3/b17-12-/t19-,20-,21+,22+,27-,28-/m0/s1. The van der Waals surface area contributed by atoms with Crippen LogP contribution in [0.5, 0.6) is 11.5 Å². The van der Waals surface area contributed by atoms with Crippen molar-refractivity contribution in [2.75, 3.05) is 7.11 Å². The summed E-state index contributed by atoms with van der Waals surface area (Å²) in [5.41, 5.74) is 2.77. The van der Waals surface area contributed by atoms with Crippen LogP contribution >= 0.6 is 0 Å². The van der Waals surface area contributed by atoms with Crippen LogP contribution < -0.4 is 9.47 Å². The lowest BCUT2D eigenvalue weighted by atomic mass is 9.48. The van der Waals surface area contributed by atoms with Gasteiger partial charge in [0.2, 0.25) is 0 Å². The number of allylic oxidation sites excluding steroid dienone is 2. The van der Waals surface area contributed by atoms with E-state index in [9.17, 15) is 18.7 Å². The predicted molar refractivity (Wildman–Crippen MR) is 126 cm³/mol. The fourth-order valence-corrected chi connectivity index (χ4v) is 7.61. The monoisotopic (exact) mass is 472 g/mol.